The molecule has 5 nitrogen and oxygen atoms in total. The second-order valence-corrected chi connectivity index (χ2v) is 5.71. The lowest BCUT2D eigenvalue weighted by Crippen LogP contribution is -2.51. The minimum Gasteiger partial charge on any atom is -0.374 e. The number of morpholine rings is 1. The standard InChI is InChI=1S/C15H22N2O3/c1-15(2)10-17-7-13(20-15)9-19-8-11-4-3-5-12(6-11)14(16)18/h3-6,13,17H,7-10H2,1-2H3,(H2,16,18). The lowest BCUT2D eigenvalue weighted by atomic mass is 10.1. The molecule has 1 atom stereocenters. The molecule has 1 amide bonds. The molecule has 0 spiro atoms. The van der Waals surface area contributed by atoms with E-state index >= 15 is 0 Å². The zero-order valence-corrected chi connectivity index (χ0v) is 12.0. The molecule has 1 unspecified atom stereocenters. The second kappa shape index (κ2) is 6.35. The highest BCUT2D eigenvalue weighted by atomic mass is 16.5. The Kier molecular flexibility index (Phi) is 4.75. The van der Waals surface area contributed by atoms with Crippen LogP contribution in [0, 0.1) is 0 Å². The van der Waals surface area contributed by atoms with E-state index in [1.54, 1.807) is 18.2 Å². The van der Waals surface area contributed by atoms with E-state index in [1.165, 1.54) is 0 Å². The third-order valence-electron chi connectivity index (χ3n) is 3.19. The monoisotopic (exact) mass is 278 g/mol. The van der Waals surface area contributed by atoms with Crippen LogP contribution < -0.4 is 11.1 Å². The van der Waals surface area contributed by atoms with Crippen LogP contribution in [0.1, 0.15) is 29.8 Å². The number of hydrogen-bond acceptors (Lipinski definition) is 4. The van der Waals surface area contributed by atoms with Crippen LogP contribution in [-0.4, -0.2) is 37.3 Å². The molecule has 1 saturated heterocycles. The zero-order valence-electron chi connectivity index (χ0n) is 12.0. The average Bonchev–Trinajstić information content (AvgIpc) is 2.38. The first-order valence-corrected chi connectivity index (χ1v) is 6.81. The summed E-state index contributed by atoms with van der Waals surface area (Å²) in [5.41, 5.74) is 6.53. The van der Waals surface area contributed by atoms with Crippen molar-refractivity contribution < 1.29 is 14.3 Å². The molecule has 1 aliphatic rings. The normalized spacial score (nSPS) is 21.6. The SMILES string of the molecule is CC1(C)CNCC(COCc2cccc(C(N)=O)c2)O1. The molecular weight excluding hydrogens is 256 g/mol. The number of nitrogens with one attached hydrogen (secondary N) is 1. The zero-order chi connectivity index (χ0) is 14.6. The van der Waals surface area contributed by atoms with E-state index in [2.05, 4.69) is 19.2 Å². The van der Waals surface area contributed by atoms with Crippen molar-refractivity contribution in [2.24, 2.45) is 5.73 Å². The minimum atomic E-state index is -0.423. The fourth-order valence-corrected chi connectivity index (χ4v) is 2.28. The van der Waals surface area contributed by atoms with Gasteiger partial charge in [-0.1, -0.05) is 12.1 Å². The van der Waals surface area contributed by atoms with E-state index in [4.69, 9.17) is 15.2 Å². The molecule has 0 bridgehead atoms. The molecule has 1 heterocycles. The van der Waals surface area contributed by atoms with Gasteiger partial charge in [-0.15, -0.1) is 0 Å². The van der Waals surface area contributed by atoms with Gasteiger partial charge >= 0.3 is 0 Å². The Morgan fingerprint density at radius 2 is 2.35 bits per heavy atom. The summed E-state index contributed by atoms with van der Waals surface area (Å²) in [4.78, 5) is 11.1. The molecule has 1 fully saturated rings. The Hall–Kier alpha value is -1.43. The largest absolute Gasteiger partial charge is 0.374 e. The van der Waals surface area contributed by atoms with Crippen molar-refractivity contribution >= 4 is 5.91 Å². The summed E-state index contributed by atoms with van der Waals surface area (Å²) in [7, 11) is 0. The first kappa shape index (κ1) is 15.0. The number of carbonyl (C=O) groups is 1. The summed E-state index contributed by atoms with van der Waals surface area (Å²) in [6.45, 7) is 6.73. The lowest BCUT2D eigenvalue weighted by Gasteiger charge is -2.36. The predicted octanol–water partition coefficient (Wildman–Crippen LogP) is 1.07. The maximum absolute atomic E-state index is 11.1. The van der Waals surface area contributed by atoms with Crippen LogP contribution in [0.25, 0.3) is 0 Å². The van der Waals surface area contributed by atoms with E-state index in [0.717, 1.165) is 18.7 Å². The number of rotatable bonds is 5. The molecule has 1 aliphatic heterocycles. The van der Waals surface area contributed by atoms with Crippen LogP contribution in [0.15, 0.2) is 24.3 Å². The van der Waals surface area contributed by atoms with Crippen molar-refractivity contribution in [1.29, 1.82) is 0 Å². The van der Waals surface area contributed by atoms with Gasteiger partial charge in [0.15, 0.2) is 0 Å². The highest BCUT2D eigenvalue weighted by Gasteiger charge is 2.28. The molecule has 110 valence electrons. The predicted molar refractivity (Wildman–Crippen MR) is 76.4 cm³/mol. The molecular formula is C15H22N2O3. The lowest BCUT2D eigenvalue weighted by molar-refractivity contribution is -0.122. The molecule has 1 aromatic rings. The van der Waals surface area contributed by atoms with Crippen LogP contribution in [0.3, 0.4) is 0 Å². The van der Waals surface area contributed by atoms with Crippen LogP contribution in [-0.2, 0) is 16.1 Å². The molecule has 0 aromatic heterocycles. The van der Waals surface area contributed by atoms with Gasteiger partial charge in [-0.05, 0) is 31.5 Å². The first-order chi connectivity index (χ1) is 9.46. The molecule has 20 heavy (non-hydrogen) atoms. The maximum Gasteiger partial charge on any atom is 0.248 e. The quantitative estimate of drug-likeness (QED) is 0.845. The van der Waals surface area contributed by atoms with E-state index in [-0.39, 0.29) is 11.7 Å². The molecule has 0 aliphatic carbocycles. The fraction of sp³-hybridized carbons (Fsp3) is 0.533. The number of hydrogen-bond donors (Lipinski definition) is 2. The minimum absolute atomic E-state index is 0.0538. The van der Waals surface area contributed by atoms with Gasteiger partial charge in [0.1, 0.15) is 0 Å². The van der Waals surface area contributed by atoms with Crippen molar-refractivity contribution in [3.8, 4) is 0 Å². The Morgan fingerprint density at radius 1 is 1.55 bits per heavy atom. The number of primary amides is 1. The summed E-state index contributed by atoms with van der Waals surface area (Å²) in [5, 5.41) is 3.33. The summed E-state index contributed by atoms with van der Waals surface area (Å²) < 4.78 is 11.6. The van der Waals surface area contributed by atoms with Crippen LogP contribution >= 0.6 is 0 Å². The van der Waals surface area contributed by atoms with Gasteiger partial charge in [0.25, 0.3) is 0 Å². The molecule has 5 heteroatoms. The third-order valence-corrected chi connectivity index (χ3v) is 3.19. The highest BCUT2D eigenvalue weighted by molar-refractivity contribution is 5.92. The molecule has 0 radical (unpaired) electrons. The number of nitrogens with two attached hydrogens (primary N) is 1. The third kappa shape index (κ3) is 4.30. The molecule has 3 N–H and O–H groups in total. The van der Waals surface area contributed by atoms with E-state index in [0.29, 0.717) is 18.8 Å². The Bertz CT molecular complexity index is 474. The maximum atomic E-state index is 11.1. The summed E-state index contributed by atoms with van der Waals surface area (Å²) in [5.74, 6) is -0.423. The van der Waals surface area contributed by atoms with Crippen molar-refractivity contribution in [1.82, 2.24) is 5.32 Å². The van der Waals surface area contributed by atoms with Crippen molar-refractivity contribution in [3.63, 3.8) is 0 Å². The number of carbonyl (C=O) groups excluding carboxylic acids is 1. The number of amides is 1. The van der Waals surface area contributed by atoms with Gasteiger partial charge in [0.05, 0.1) is 24.9 Å². The highest BCUT2D eigenvalue weighted by Crippen LogP contribution is 2.16. The van der Waals surface area contributed by atoms with Gasteiger partial charge in [0, 0.05) is 18.7 Å². The van der Waals surface area contributed by atoms with Crippen LogP contribution in [0.4, 0.5) is 0 Å². The first-order valence-electron chi connectivity index (χ1n) is 6.81. The van der Waals surface area contributed by atoms with Crippen LogP contribution in [0.5, 0.6) is 0 Å². The topological polar surface area (TPSA) is 73.6 Å². The summed E-state index contributed by atoms with van der Waals surface area (Å²) in [6.07, 6.45) is 0.0538. The van der Waals surface area contributed by atoms with Gasteiger partial charge in [-0.25, -0.2) is 0 Å². The second-order valence-electron chi connectivity index (χ2n) is 5.71. The van der Waals surface area contributed by atoms with E-state index < -0.39 is 5.91 Å². The summed E-state index contributed by atoms with van der Waals surface area (Å²) >= 11 is 0. The molecule has 2 rings (SSSR count). The van der Waals surface area contributed by atoms with Gasteiger partial charge in [0.2, 0.25) is 5.91 Å². The van der Waals surface area contributed by atoms with Gasteiger partial charge in [-0.2, -0.15) is 0 Å². The van der Waals surface area contributed by atoms with Crippen LogP contribution in [0.2, 0.25) is 0 Å². The Balaban J connectivity index is 1.81. The average molecular weight is 278 g/mol. The summed E-state index contributed by atoms with van der Waals surface area (Å²) in [6, 6.07) is 7.17. The van der Waals surface area contributed by atoms with Gasteiger partial charge < -0.3 is 20.5 Å². The number of ether oxygens (including phenoxy) is 2. The van der Waals surface area contributed by atoms with E-state index in [9.17, 15) is 4.79 Å². The fourth-order valence-electron chi connectivity index (χ4n) is 2.28. The Labute approximate surface area is 119 Å². The molecule has 1 aromatic carbocycles. The van der Waals surface area contributed by atoms with Crippen molar-refractivity contribution in [2.75, 3.05) is 19.7 Å². The smallest absolute Gasteiger partial charge is 0.248 e. The van der Waals surface area contributed by atoms with Crippen molar-refractivity contribution in [3.05, 3.63) is 35.4 Å². The number of benzene rings is 1. The Morgan fingerprint density at radius 3 is 3.05 bits per heavy atom. The van der Waals surface area contributed by atoms with E-state index in [1.807, 2.05) is 6.07 Å². The van der Waals surface area contributed by atoms with Crippen molar-refractivity contribution in [2.45, 2.75) is 32.2 Å². The van der Waals surface area contributed by atoms with Gasteiger partial charge in [-0.3, -0.25) is 4.79 Å². The molecule has 0 saturated carbocycles.